The molecule has 1 rings (SSSR count). The highest BCUT2D eigenvalue weighted by molar-refractivity contribution is 6.34. The molecule has 1 N–H and O–H groups in total. The van der Waals surface area contributed by atoms with Gasteiger partial charge in [0.05, 0.1) is 10.6 Å². The van der Waals surface area contributed by atoms with E-state index in [2.05, 4.69) is 5.32 Å². The molecule has 0 spiro atoms. The summed E-state index contributed by atoms with van der Waals surface area (Å²) < 4.78 is 0. The summed E-state index contributed by atoms with van der Waals surface area (Å²) in [7, 11) is 0. The third-order valence-electron chi connectivity index (χ3n) is 2.43. The lowest BCUT2D eigenvalue weighted by atomic mass is 10.1. The van der Waals surface area contributed by atoms with Crippen molar-refractivity contribution in [3.05, 3.63) is 34.3 Å². The van der Waals surface area contributed by atoms with Crippen molar-refractivity contribution in [1.82, 2.24) is 5.32 Å². The Balaban J connectivity index is 2.87. The molecular formula is C12H16ClNO. The van der Waals surface area contributed by atoms with Crippen molar-refractivity contribution in [1.29, 1.82) is 0 Å². The van der Waals surface area contributed by atoms with Gasteiger partial charge in [0.1, 0.15) is 0 Å². The Bertz CT molecular complexity index is 363. The fourth-order valence-corrected chi connectivity index (χ4v) is 1.44. The molecule has 1 atom stereocenters. The number of halogens is 1. The Morgan fingerprint density at radius 2 is 2.20 bits per heavy atom. The van der Waals surface area contributed by atoms with Gasteiger partial charge in [0.15, 0.2) is 0 Å². The zero-order chi connectivity index (χ0) is 11.4. The number of benzene rings is 1. The van der Waals surface area contributed by atoms with Gasteiger partial charge in [-0.1, -0.05) is 30.7 Å². The summed E-state index contributed by atoms with van der Waals surface area (Å²) in [4.78, 5) is 11.8. The Kier molecular flexibility index (Phi) is 4.15. The van der Waals surface area contributed by atoms with Gasteiger partial charge < -0.3 is 5.32 Å². The van der Waals surface area contributed by atoms with E-state index in [-0.39, 0.29) is 11.9 Å². The summed E-state index contributed by atoms with van der Waals surface area (Å²) in [6.07, 6.45) is 0.912. The van der Waals surface area contributed by atoms with Crippen LogP contribution in [-0.2, 0) is 0 Å². The van der Waals surface area contributed by atoms with Crippen LogP contribution in [0.2, 0.25) is 5.02 Å². The number of nitrogens with one attached hydrogen (secondary N) is 1. The van der Waals surface area contributed by atoms with Crippen molar-refractivity contribution in [3.63, 3.8) is 0 Å². The standard InChI is InChI=1S/C12H16ClNO/c1-4-9(3)14-12(15)10-7-5-6-8(2)11(10)13/h5-7,9H,4H2,1-3H3,(H,14,15). The molecule has 0 aliphatic carbocycles. The van der Waals surface area contributed by atoms with E-state index in [1.54, 1.807) is 6.07 Å². The predicted molar refractivity (Wildman–Crippen MR) is 63.4 cm³/mol. The summed E-state index contributed by atoms with van der Waals surface area (Å²) >= 11 is 6.05. The average Bonchev–Trinajstić information content (AvgIpc) is 2.21. The summed E-state index contributed by atoms with van der Waals surface area (Å²) in [5.74, 6) is -0.0990. The fraction of sp³-hybridized carbons (Fsp3) is 0.417. The van der Waals surface area contributed by atoms with Crippen LogP contribution in [0.1, 0.15) is 36.2 Å². The second-order valence-electron chi connectivity index (χ2n) is 3.72. The van der Waals surface area contributed by atoms with E-state index in [4.69, 9.17) is 11.6 Å². The first-order chi connectivity index (χ1) is 7.06. The molecule has 82 valence electrons. The second-order valence-corrected chi connectivity index (χ2v) is 4.10. The topological polar surface area (TPSA) is 29.1 Å². The molecule has 1 aromatic rings. The summed E-state index contributed by atoms with van der Waals surface area (Å²) in [5.41, 5.74) is 1.48. The molecule has 1 unspecified atom stereocenters. The first kappa shape index (κ1) is 12.1. The van der Waals surface area contributed by atoms with E-state index in [1.165, 1.54) is 0 Å². The normalized spacial score (nSPS) is 12.3. The van der Waals surface area contributed by atoms with Crippen LogP contribution in [0, 0.1) is 6.92 Å². The fourth-order valence-electron chi connectivity index (χ4n) is 1.23. The van der Waals surface area contributed by atoms with Crippen molar-refractivity contribution in [2.45, 2.75) is 33.2 Å². The van der Waals surface area contributed by atoms with Crippen LogP contribution >= 0.6 is 11.6 Å². The first-order valence-corrected chi connectivity index (χ1v) is 5.50. The van der Waals surface area contributed by atoms with Crippen LogP contribution in [0.4, 0.5) is 0 Å². The van der Waals surface area contributed by atoms with Gasteiger partial charge in [0.25, 0.3) is 5.91 Å². The number of hydrogen-bond acceptors (Lipinski definition) is 1. The molecule has 3 heteroatoms. The minimum Gasteiger partial charge on any atom is -0.350 e. The van der Waals surface area contributed by atoms with E-state index in [9.17, 15) is 4.79 Å². The molecular weight excluding hydrogens is 210 g/mol. The van der Waals surface area contributed by atoms with Gasteiger partial charge in [0, 0.05) is 6.04 Å². The van der Waals surface area contributed by atoms with Gasteiger partial charge >= 0.3 is 0 Å². The maximum absolute atomic E-state index is 11.8. The number of hydrogen-bond donors (Lipinski definition) is 1. The lowest BCUT2D eigenvalue weighted by Gasteiger charge is -2.12. The van der Waals surface area contributed by atoms with Gasteiger partial charge in [-0.3, -0.25) is 4.79 Å². The quantitative estimate of drug-likeness (QED) is 0.841. The monoisotopic (exact) mass is 225 g/mol. The molecule has 0 aliphatic heterocycles. The van der Waals surface area contributed by atoms with Gasteiger partial charge in [-0.2, -0.15) is 0 Å². The van der Waals surface area contributed by atoms with Crippen LogP contribution in [0.25, 0.3) is 0 Å². The van der Waals surface area contributed by atoms with Crippen molar-refractivity contribution >= 4 is 17.5 Å². The average molecular weight is 226 g/mol. The SMILES string of the molecule is CCC(C)NC(=O)c1cccc(C)c1Cl. The molecule has 2 nitrogen and oxygen atoms in total. The van der Waals surface area contributed by atoms with E-state index in [1.807, 2.05) is 32.9 Å². The van der Waals surface area contributed by atoms with Crippen LogP contribution in [-0.4, -0.2) is 11.9 Å². The Labute approximate surface area is 95.6 Å². The number of rotatable bonds is 3. The zero-order valence-corrected chi connectivity index (χ0v) is 10.1. The summed E-state index contributed by atoms with van der Waals surface area (Å²) in [5, 5.41) is 3.43. The highest BCUT2D eigenvalue weighted by Gasteiger charge is 2.12. The largest absolute Gasteiger partial charge is 0.350 e. The maximum Gasteiger partial charge on any atom is 0.253 e. The van der Waals surface area contributed by atoms with E-state index in [0.717, 1.165) is 12.0 Å². The summed E-state index contributed by atoms with van der Waals surface area (Å²) in [6.45, 7) is 5.90. The first-order valence-electron chi connectivity index (χ1n) is 5.12. The van der Waals surface area contributed by atoms with Crippen LogP contribution in [0.5, 0.6) is 0 Å². The van der Waals surface area contributed by atoms with E-state index in [0.29, 0.717) is 10.6 Å². The number of amides is 1. The Hall–Kier alpha value is -1.02. The smallest absolute Gasteiger partial charge is 0.253 e. The molecule has 1 amide bonds. The second kappa shape index (κ2) is 5.17. The van der Waals surface area contributed by atoms with Crippen molar-refractivity contribution in [3.8, 4) is 0 Å². The molecule has 0 saturated carbocycles. The molecule has 1 aromatic carbocycles. The van der Waals surface area contributed by atoms with Crippen molar-refractivity contribution in [2.24, 2.45) is 0 Å². The molecule has 15 heavy (non-hydrogen) atoms. The third kappa shape index (κ3) is 2.96. The highest BCUT2D eigenvalue weighted by atomic mass is 35.5. The lowest BCUT2D eigenvalue weighted by molar-refractivity contribution is 0.0939. The molecule has 0 bridgehead atoms. The number of carbonyl (C=O) groups is 1. The number of carbonyl (C=O) groups excluding carboxylic acids is 1. The van der Waals surface area contributed by atoms with Gasteiger partial charge in [-0.25, -0.2) is 0 Å². The van der Waals surface area contributed by atoms with Gasteiger partial charge in [0.2, 0.25) is 0 Å². The number of aryl methyl sites for hydroxylation is 1. The van der Waals surface area contributed by atoms with E-state index < -0.39 is 0 Å². The molecule has 0 aliphatic rings. The molecule has 0 fully saturated rings. The van der Waals surface area contributed by atoms with Crippen LogP contribution in [0.3, 0.4) is 0 Å². The molecule has 0 radical (unpaired) electrons. The zero-order valence-electron chi connectivity index (χ0n) is 9.30. The van der Waals surface area contributed by atoms with Crippen LogP contribution < -0.4 is 5.32 Å². The van der Waals surface area contributed by atoms with Gasteiger partial charge in [-0.05, 0) is 31.9 Å². The molecule has 0 heterocycles. The van der Waals surface area contributed by atoms with E-state index >= 15 is 0 Å². The van der Waals surface area contributed by atoms with Crippen LogP contribution in [0.15, 0.2) is 18.2 Å². The lowest BCUT2D eigenvalue weighted by Crippen LogP contribution is -2.32. The molecule has 0 aromatic heterocycles. The maximum atomic E-state index is 11.8. The minimum absolute atomic E-state index is 0.0990. The minimum atomic E-state index is -0.0990. The molecule has 0 saturated heterocycles. The van der Waals surface area contributed by atoms with Crippen molar-refractivity contribution < 1.29 is 4.79 Å². The highest BCUT2D eigenvalue weighted by Crippen LogP contribution is 2.20. The summed E-state index contributed by atoms with van der Waals surface area (Å²) in [6, 6.07) is 5.65. The Morgan fingerprint density at radius 1 is 1.53 bits per heavy atom. The third-order valence-corrected chi connectivity index (χ3v) is 2.93. The Morgan fingerprint density at radius 3 is 2.80 bits per heavy atom. The predicted octanol–water partition coefficient (Wildman–Crippen LogP) is 3.18. The van der Waals surface area contributed by atoms with Crippen molar-refractivity contribution in [2.75, 3.05) is 0 Å². The van der Waals surface area contributed by atoms with Gasteiger partial charge in [-0.15, -0.1) is 0 Å².